The van der Waals surface area contributed by atoms with Gasteiger partial charge in [-0.15, -0.1) is 0 Å². The number of anilines is 1. The summed E-state index contributed by atoms with van der Waals surface area (Å²) in [6, 6.07) is 2.07. The molecule has 0 saturated heterocycles. The predicted molar refractivity (Wildman–Crippen MR) is 72.3 cm³/mol. The lowest BCUT2D eigenvalue weighted by Crippen LogP contribution is -2.33. The number of benzene rings is 1. The standard InChI is InChI=1S/C11H16N4O5/c1-19-9-5-7(13-3-4-14-11(12)16)8(15(17)18)6-10(9)20-2/h5-6,13H,3-4H2,1-2H3,(H3,12,14,16). The Kier molecular flexibility index (Phi) is 5.39. The summed E-state index contributed by atoms with van der Waals surface area (Å²) in [6.07, 6.45) is 0. The fourth-order valence-electron chi connectivity index (χ4n) is 1.54. The number of hydrogen-bond acceptors (Lipinski definition) is 6. The Morgan fingerprint density at radius 2 is 1.90 bits per heavy atom. The van der Waals surface area contributed by atoms with Crippen molar-refractivity contribution in [3.8, 4) is 11.5 Å². The molecule has 0 aliphatic rings. The number of urea groups is 1. The summed E-state index contributed by atoms with van der Waals surface area (Å²) >= 11 is 0. The second-order valence-corrected chi connectivity index (χ2v) is 3.70. The maximum Gasteiger partial charge on any atom is 0.312 e. The molecule has 0 aliphatic carbocycles. The monoisotopic (exact) mass is 284 g/mol. The maximum atomic E-state index is 11.0. The van der Waals surface area contributed by atoms with Gasteiger partial charge in [-0.1, -0.05) is 0 Å². The summed E-state index contributed by atoms with van der Waals surface area (Å²) in [4.78, 5) is 21.0. The topological polar surface area (TPSA) is 129 Å². The van der Waals surface area contributed by atoms with Crippen LogP contribution >= 0.6 is 0 Å². The van der Waals surface area contributed by atoms with Gasteiger partial charge in [0, 0.05) is 19.2 Å². The second kappa shape index (κ2) is 7.02. The number of hydrogen-bond donors (Lipinski definition) is 3. The Balaban J connectivity index is 2.92. The molecule has 9 heteroatoms. The van der Waals surface area contributed by atoms with Crippen LogP contribution < -0.4 is 25.8 Å². The number of rotatable bonds is 7. The Labute approximate surface area is 115 Å². The number of amides is 2. The van der Waals surface area contributed by atoms with Crippen LogP contribution in [0.5, 0.6) is 11.5 Å². The largest absolute Gasteiger partial charge is 0.493 e. The van der Waals surface area contributed by atoms with Crippen molar-refractivity contribution in [2.75, 3.05) is 32.6 Å². The van der Waals surface area contributed by atoms with E-state index in [2.05, 4.69) is 10.6 Å². The third kappa shape index (κ3) is 3.90. The van der Waals surface area contributed by atoms with Gasteiger partial charge in [-0.05, 0) is 0 Å². The molecule has 0 heterocycles. The van der Waals surface area contributed by atoms with Gasteiger partial charge in [0.2, 0.25) is 0 Å². The summed E-state index contributed by atoms with van der Waals surface area (Å²) in [5, 5.41) is 16.2. The third-order valence-electron chi connectivity index (χ3n) is 2.44. The van der Waals surface area contributed by atoms with E-state index in [1.54, 1.807) is 0 Å². The molecule has 1 aromatic rings. The van der Waals surface area contributed by atoms with Gasteiger partial charge in [0.15, 0.2) is 11.5 Å². The van der Waals surface area contributed by atoms with Gasteiger partial charge in [-0.25, -0.2) is 4.79 Å². The van der Waals surface area contributed by atoms with Crippen LogP contribution in [0.4, 0.5) is 16.2 Å². The molecule has 1 aromatic carbocycles. The Hall–Kier alpha value is -2.71. The first-order chi connectivity index (χ1) is 9.49. The van der Waals surface area contributed by atoms with Crippen molar-refractivity contribution in [1.82, 2.24) is 5.32 Å². The normalized spacial score (nSPS) is 9.70. The fraction of sp³-hybridized carbons (Fsp3) is 0.364. The lowest BCUT2D eigenvalue weighted by Gasteiger charge is -2.12. The fourth-order valence-corrected chi connectivity index (χ4v) is 1.54. The lowest BCUT2D eigenvalue weighted by atomic mass is 10.2. The quantitative estimate of drug-likeness (QED) is 0.384. The van der Waals surface area contributed by atoms with Gasteiger partial charge in [-0.3, -0.25) is 10.1 Å². The average molecular weight is 284 g/mol. The number of ether oxygens (including phenoxy) is 2. The first kappa shape index (κ1) is 15.3. The maximum absolute atomic E-state index is 11.0. The zero-order chi connectivity index (χ0) is 15.1. The van der Waals surface area contributed by atoms with Crippen molar-refractivity contribution in [3.05, 3.63) is 22.2 Å². The van der Waals surface area contributed by atoms with E-state index in [-0.39, 0.29) is 30.2 Å². The van der Waals surface area contributed by atoms with E-state index in [1.807, 2.05) is 0 Å². The Morgan fingerprint density at radius 1 is 1.30 bits per heavy atom. The van der Waals surface area contributed by atoms with E-state index in [0.717, 1.165) is 0 Å². The van der Waals surface area contributed by atoms with Gasteiger partial charge in [0.05, 0.1) is 25.2 Å². The average Bonchev–Trinajstić information content (AvgIpc) is 2.42. The third-order valence-corrected chi connectivity index (χ3v) is 2.44. The number of nitro groups is 1. The molecule has 2 amide bonds. The number of carbonyl (C=O) groups excluding carboxylic acids is 1. The highest BCUT2D eigenvalue weighted by molar-refractivity contribution is 5.72. The van der Waals surface area contributed by atoms with E-state index in [1.165, 1.54) is 26.4 Å². The highest BCUT2D eigenvalue weighted by Gasteiger charge is 2.19. The van der Waals surface area contributed by atoms with E-state index in [0.29, 0.717) is 5.75 Å². The molecule has 0 spiro atoms. The van der Waals surface area contributed by atoms with Gasteiger partial charge in [0.1, 0.15) is 5.69 Å². The Bertz CT molecular complexity index is 506. The van der Waals surface area contributed by atoms with Crippen molar-refractivity contribution in [2.24, 2.45) is 5.73 Å². The van der Waals surface area contributed by atoms with Crippen LogP contribution in [-0.2, 0) is 0 Å². The molecule has 4 N–H and O–H groups in total. The summed E-state index contributed by atoms with van der Waals surface area (Å²) in [5.74, 6) is 0.628. The molecular formula is C11H16N4O5. The first-order valence-corrected chi connectivity index (χ1v) is 5.67. The van der Waals surface area contributed by atoms with E-state index in [4.69, 9.17) is 15.2 Å². The molecule has 0 bridgehead atoms. The molecule has 110 valence electrons. The van der Waals surface area contributed by atoms with Gasteiger partial charge in [-0.2, -0.15) is 0 Å². The number of nitrogens with one attached hydrogen (secondary N) is 2. The van der Waals surface area contributed by atoms with Crippen molar-refractivity contribution in [3.63, 3.8) is 0 Å². The molecule has 9 nitrogen and oxygen atoms in total. The first-order valence-electron chi connectivity index (χ1n) is 5.67. The summed E-state index contributed by atoms with van der Waals surface area (Å²) < 4.78 is 10.1. The molecule has 0 atom stereocenters. The number of primary amides is 1. The molecule has 0 aliphatic heterocycles. The number of nitrogens with two attached hydrogens (primary N) is 1. The molecule has 0 fully saturated rings. The molecular weight excluding hydrogens is 268 g/mol. The van der Waals surface area contributed by atoms with Crippen molar-refractivity contribution in [2.45, 2.75) is 0 Å². The minimum absolute atomic E-state index is 0.151. The van der Waals surface area contributed by atoms with Crippen LogP contribution in [0.2, 0.25) is 0 Å². The summed E-state index contributed by atoms with van der Waals surface area (Å²) in [7, 11) is 2.83. The molecule has 0 saturated carbocycles. The predicted octanol–water partition coefficient (Wildman–Crippen LogP) is 0.692. The van der Waals surface area contributed by atoms with E-state index < -0.39 is 11.0 Å². The van der Waals surface area contributed by atoms with Gasteiger partial charge >= 0.3 is 6.03 Å². The number of nitrogens with zero attached hydrogens (tertiary/aromatic N) is 1. The molecule has 0 aromatic heterocycles. The van der Waals surface area contributed by atoms with Crippen LogP contribution in [0.3, 0.4) is 0 Å². The van der Waals surface area contributed by atoms with Crippen molar-refractivity contribution < 1.29 is 19.2 Å². The summed E-state index contributed by atoms with van der Waals surface area (Å²) in [5.41, 5.74) is 5.02. The number of nitro benzene ring substituents is 1. The smallest absolute Gasteiger partial charge is 0.312 e. The van der Waals surface area contributed by atoms with Crippen LogP contribution in [0, 0.1) is 10.1 Å². The van der Waals surface area contributed by atoms with Crippen LogP contribution in [0.25, 0.3) is 0 Å². The van der Waals surface area contributed by atoms with Crippen molar-refractivity contribution in [1.29, 1.82) is 0 Å². The highest BCUT2D eigenvalue weighted by Crippen LogP contribution is 2.37. The SMILES string of the molecule is COc1cc(NCCNC(N)=O)c([N+](=O)[O-])cc1OC. The van der Waals surface area contributed by atoms with Crippen LogP contribution in [0.1, 0.15) is 0 Å². The molecule has 0 unspecified atom stereocenters. The number of methoxy groups -OCH3 is 2. The Morgan fingerprint density at radius 3 is 2.40 bits per heavy atom. The molecule has 1 rings (SSSR count). The minimum Gasteiger partial charge on any atom is -0.493 e. The van der Waals surface area contributed by atoms with E-state index in [9.17, 15) is 14.9 Å². The second-order valence-electron chi connectivity index (χ2n) is 3.70. The number of carbonyl (C=O) groups is 1. The molecule has 0 radical (unpaired) electrons. The highest BCUT2D eigenvalue weighted by atomic mass is 16.6. The lowest BCUT2D eigenvalue weighted by molar-refractivity contribution is -0.384. The zero-order valence-corrected chi connectivity index (χ0v) is 11.1. The summed E-state index contributed by atoms with van der Waals surface area (Å²) in [6.45, 7) is 0.514. The van der Waals surface area contributed by atoms with Crippen LogP contribution in [-0.4, -0.2) is 38.3 Å². The van der Waals surface area contributed by atoms with Crippen LogP contribution in [0.15, 0.2) is 12.1 Å². The van der Waals surface area contributed by atoms with E-state index >= 15 is 0 Å². The van der Waals surface area contributed by atoms with Gasteiger partial charge < -0.3 is 25.8 Å². The zero-order valence-electron chi connectivity index (χ0n) is 11.1. The molecule has 20 heavy (non-hydrogen) atoms. The van der Waals surface area contributed by atoms with Gasteiger partial charge in [0.25, 0.3) is 5.69 Å². The van der Waals surface area contributed by atoms with Crippen molar-refractivity contribution >= 4 is 17.4 Å². The minimum atomic E-state index is -0.659.